The maximum atomic E-state index is 13.1. The number of aliphatic hydroxyl groups excluding tert-OH is 1. The number of phenols is 1. The fourth-order valence-corrected chi connectivity index (χ4v) is 7.47. The van der Waals surface area contributed by atoms with Crippen molar-refractivity contribution in [3.05, 3.63) is 71.0 Å². The van der Waals surface area contributed by atoms with Crippen molar-refractivity contribution < 1.29 is 68.5 Å². The van der Waals surface area contributed by atoms with Crippen molar-refractivity contribution in [2.45, 2.75) is 73.6 Å². The number of rotatable bonds is 11. The lowest BCUT2D eigenvalue weighted by molar-refractivity contribution is -0.183. The predicted octanol–water partition coefficient (Wildman–Crippen LogP) is 0.720. The van der Waals surface area contributed by atoms with E-state index in [-0.39, 0.29) is 35.3 Å². The lowest BCUT2D eigenvalue weighted by atomic mass is 9.50. The third kappa shape index (κ3) is 5.33. The van der Waals surface area contributed by atoms with Crippen LogP contribution in [0.5, 0.6) is 11.5 Å². The minimum absolute atomic E-state index is 0.0219. The van der Waals surface area contributed by atoms with Crippen molar-refractivity contribution >= 4 is 29.8 Å². The maximum Gasteiger partial charge on any atom is 0.353 e. The van der Waals surface area contributed by atoms with Gasteiger partial charge in [0.05, 0.1) is 23.9 Å². The smallest absolute Gasteiger partial charge is 0.353 e. The van der Waals surface area contributed by atoms with Crippen LogP contribution in [0.3, 0.4) is 0 Å². The molecule has 0 amide bonds. The molecule has 1 spiro atoms. The summed E-state index contributed by atoms with van der Waals surface area (Å²) < 4.78 is 21.8. The highest BCUT2D eigenvalue weighted by molar-refractivity contribution is 5.87. The van der Waals surface area contributed by atoms with Gasteiger partial charge in [0.25, 0.3) is 0 Å². The van der Waals surface area contributed by atoms with E-state index in [1.54, 1.807) is 12.1 Å². The number of aliphatic carboxylic acids is 2. The van der Waals surface area contributed by atoms with E-state index in [0.29, 0.717) is 24.9 Å². The molecule has 2 aromatic carbocycles. The van der Waals surface area contributed by atoms with Gasteiger partial charge in [-0.1, -0.05) is 36.4 Å². The molecule has 48 heavy (non-hydrogen) atoms. The molecule has 254 valence electrons. The van der Waals surface area contributed by atoms with Gasteiger partial charge in [-0.15, -0.1) is 0 Å². The Morgan fingerprint density at radius 2 is 1.75 bits per heavy atom. The number of carboxylic acid groups (broad SMARTS) is 2. The van der Waals surface area contributed by atoms with Gasteiger partial charge in [-0.2, -0.15) is 0 Å². The SMILES string of the molecule is CN1CC[C@]23c4c5ccc(O)c4O[C@H]2C(OC(=O)C[C@H](O)C(=O)O[C@H](C(=O)O[C@H](CC(=O)O)C(=O)O)c2ccccc2)=CC[C@@]3(O)[C@H]1C5. The van der Waals surface area contributed by atoms with E-state index >= 15 is 0 Å². The summed E-state index contributed by atoms with van der Waals surface area (Å²) in [5.41, 5.74) is -0.737. The van der Waals surface area contributed by atoms with Crippen LogP contribution in [-0.4, -0.2) is 104 Å². The maximum absolute atomic E-state index is 13.1. The van der Waals surface area contributed by atoms with Crippen LogP contribution in [0.15, 0.2) is 54.3 Å². The normalized spacial score (nSPS) is 26.9. The number of ether oxygens (including phenoxy) is 4. The lowest BCUT2D eigenvalue weighted by Crippen LogP contribution is -2.74. The number of esters is 3. The number of carbonyl (C=O) groups excluding carboxylic acids is 3. The lowest BCUT2D eigenvalue weighted by Gasteiger charge is -2.61. The summed E-state index contributed by atoms with van der Waals surface area (Å²) in [6.45, 7) is 0.599. The van der Waals surface area contributed by atoms with Gasteiger partial charge in [0.15, 0.2) is 23.7 Å². The molecule has 0 saturated carbocycles. The van der Waals surface area contributed by atoms with E-state index in [0.717, 1.165) is 5.56 Å². The minimum Gasteiger partial charge on any atom is -0.504 e. The second-order valence-corrected chi connectivity index (χ2v) is 12.4. The molecule has 2 aliphatic carbocycles. The Kier molecular flexibility index (Phi) is 8.39. The molecule has 15 nitrogen and oxygen atoms in total. The second-order valence-electron chi connectivity index (χ2n) is 12.4. The van der Waals surface area contributed by atoms with Crippen LogP contribution in [0.2, 0.25) is 0 Å². The number of phenolic OH excluding ortho intramolecular Hbond substituents is 1. The topological polar surface area (TPSA) is 227 Å². The van der Waals surface area contributed by atoms with Gasteiger partial charge in [0.2, 0.25) is 12.2 Å². The summed E-state index contributed by atoms with van der Waals surface area (Å²) >= 11 is 0. The van der Waals surface area contributed by atoms with Crippen molar-refractivity contribution in [2.24, 2.45) is 0 Å². The van der Waals surface area contributed by atoms with E-state index in [4.69, 9.17) is 24.1 Å². The molecule has 6 rings (SSSR count). The number of benzene rings is 2. The number of likely N-dealkylation sites (tertiary alicyclic amines) is 1. The number of aromatic hydroxyl groups is 1. The molecule has 0 unspecified atom stereocenters. The molecule has 7 atom stereocenters. The molecule has 1 saturated heterocycles. The van der Waals surface area contributed by atoms with Crippen LogP contribution < -0.4 is 4.74 Å². The van der Waals surface area contributed by atoms with Crippen LogP contribution in [0.1, 0.15) is 48.5 Å². The van der Waals surface area contributed by atoms with Gasteiger partial charge in [-0.3, -0.25) is 9.59 Å². The molecule has 2 heterocycles. The Hall–Kier alpha value is -4.99. The quantitative estimate of drug-likeness (QED) is 0.164. The molecular weight excluding hydrogens is 634 g/mol. The number of hydrogen-bond donors (Lipinski definition) is 5. The van der Waals surface area contributed by atoms with Gasteiger partial charge >= 0.3 is 29.8 Å². The van der Waals surface area contributed by atoms with Gasteiger partial charge in [-0.05, 0) is 44.1 Å². The Labute approximate surface area is 272 Å². The van der Waals surface area contributed by atoms with E-state index in [2.05, 4.69) is 4.90 Å². The molecule has 1 fully saturated rings. The summed E-state index contributed by atoms with van der Waals surface area (Å²) in [5.74, 6) is -7.10. The molecule has 0 aromatic heterocycles. The molecule has 2 aliphatic heterocycles. The average Bonchev–Trinajstić information content (AvgIpc) is 3.40. The Balaban J connectivity index is 1.17. The van der Waals surface area contributed by atoms with Crippen LogP contribution >= 0.6 is 0 Å². The number of likely N-dealkylation sites (N-methyl/N-ethyl adjacent to an activating group) is 1. The molecule has 2 aromatic rings. The highest BCUT2D eigenvalue weighted by Gasteiger charge is 2.72. The average molecular weight is 668 g/mol. The first-order valence-corrected chi connectivity index (χ1v) is 15.2. The molecule has 4 aliphatic rings. The molecule has 0 radical (unpaired) electrons. The first-order valence-electron chi connectivity index (χ1n) is 15.2. The highest BCUT2D eigenvalue weighted by Crippen LogP contribution is 2.65. The Morgan fingerprint density at radius 1 is 1.02 bits per heavy atom. The predicted molar refractivity (Wildman–Crippen MR) is 158 cm³/mol. The number of aliphatic hydroxyl groups is 2. The fraction of sp³-hybridized carbons (Fsp3) is 0.424. The fourth-order valence-electron chi connectivity index (χ4n) is 7.47. The molecular formula is C33H33NO14. The first-order chi connectivity index (χ1) is 22.8. The van der Waals surface area contributed by atoms with Crippen molar-refractivity contribution in [1.82, 2.24) is 4.90 Å². The summed E-state index contributed by atoms with van der Waals surface area (Å²) in [7, 11) is 1.93. The zero-order valence-corrected chi connectivity index (χ0v) is 25.6. The molecule has 5 N–H and O–H groups in total. The van der Waals surface area contributed by atoms with Gasteiger partial charge in [0.1, 0.15) is 5.76 Å². The monoisotopic (exact) mass is 667 g/mol. The number of hydrogen-bond acceptors (Lipinski definition) is 13. The summed E-state index contributed by atoms with van der Waals surface area (Å²) in [6, 6.07) is 10.3. The second kappa shape index (κ2) is 12.2. The van der Waals surface area contributed by atoms with E-state index < -0.39 is 78.1 Å². The number of nitrogens with zero attached hydrogens (tertiary/aromatic N) is 1. The van der Waals surface area contributed by atoms with Crippen molar-refractivity contribution in [3.8, 4) is 11.5 Å². The summed E-state index contributed by atoms with van der Waals surface area (Å²) in [5, 5.41) is 51.7. The first kappa shape index (κ1) is 32.9. The van der Waals surface area contributed by atoms with Crippen molar-refractivity contribution in [1.29, 1.82) is 0 Å². The minimum atomic E-state index is -2.15. The van der Waals surface area contributed by atoms with Crippen LogP contribution in [-0.2, 0) is 50.0 Å². The largest absolute Gasteiger partial charge is 0.504 e. The molecule has 15 heteroatoms. The highest BCUT2D eigenvalue weighted by atomic mass is 16.6. The van der Waals surface area contributed by atoms with Crippen molar-refractivity contribution in [2.75, 3.05) is 13.6 Å². The van der Waals surface area contributed by atoms with Gasteiger partial charge < -0.3 is 49.4 Å². The number of carbonyl (C=O) groups is 5. The standard InChI is InChI=1S/C33H33NO14/c1-34-12-11-32-25-17-7-8-18(35)27(25)47-28(32)20(9-10-33(32,44)22(34)13-17)45-24(39)14-19(36)30(42)48-26(16-5-3-2-4-6-16)31(43)46-21(29(40)41)15-23(37)38/h2-9,19,21-22,26,28,35-36,44H,10-15H2,1H3,(H,37,38)(H,40,41)/t19-,21+,22+,26-,28-,32-,33+/m0/s1. The Bertz CT molecular complexity index is 1710. The Morgan fingerprint density at radius 3 is 2.44 bits per heavy atom. The zero-order chi connectivity index (χ0) is 34.5. The van der Waals surface area contributed by atoms with Crippen LogP contribution in [0.25, 0.3) is 0 Å². The van der Waals surface area contributed by atoms with Crippen LogP contribution in [0, 0.1) is 0 Å². The summed E-state index contributed by atoms with van der Waals surface area (Å²) in [6.07, 6.45) is -6.54. The third-order valence-electron chi connectivity index (χ3n) is 9.66. The summed E-state index contributed by atoms with van der Waals surface area (Å²) in [4.78, 5) is 63.5. The third-order valence-corrected chi connectivity index (χ3v) is 9.66. The van der Waals surface area contributed by atoms with Crippen molar-refractivity contribution in [3.63, 3.8) is 0 Å². The van der Waals surface area contributed by atoms with Gasteiger partial charge in [0, 0.05) is 23.6 Å². The van der Waals surface area contributed by atoms with Gasteiger partial charge in [-0.25, -0.2) is 14.4 Å². The van der Waals surface area contributed by atoms with E-state index in [9.17, 15) is 44.4 Å². The number of carboxylic acids is 2. The molecule has 2 bridgehead atoms. The number of piperidine rings is 1. The zero-order valence-electron chi connectivity index (χ0n) is 25.6. The van der Waals surface area contributed by atoms with Crippen LogP contribution in [0.4, 0.5) is 0 Å². The van der Waals surface area contributed by atoms with E-state index in [1.165, 1.54) is 36.4 Å². The van der Waals surface area contributed by atoms with E-state index in [1.807, 2.05) is 7.05 Å².